The maximum Gasteiger partial charge on any atom is 0.219 e. The molecule has 2 aliphatic heterocycles. The molecule has 260 valence electrons. The maximum atomic E-state index is 2.46. The third-order valence-corrected chi connectivity index (χ3v) is 11.3. The zero-order valence-corrected chi connectivity index (χ0v) is 31.6. The molecule has 2 nitrogen and oxygen atoms in total. The van der Waals surface area contributed by atoms with Gasteiger partial charge >= 0.3 is 0 Å². The molecule has 0 bridgehead atoms. The molecular formula is C52H44N2+2. The summed E-state index contributed by atoms with van der Waals surface area (Å²) in [5.41, 5.74) is 21.3. The molecular weight excluding hydrogens is 653 g/mol. The normalized spacial score (nSPS) is 16.4. The van der Waals surface area contributed by atoms with Gasteiger partial charge in [-0.3, -0.25) is 0 Å². The predicted molar refractivity (Wildman–Crippen MR) is 233 cm³/mol. The Bertz CT molecular complexity index is 2690. The van der Waals surface area contributed by atoms with Gasteiger partial charge in [0.15, 0.2) is 12.4 Å². The zero-order valence-electron chi connectivity index (χ0n) is 31.6. The van der Waals surface area contributed by atoms with Crippen molar-refractivity contribution >= 4 is 40.8 Å². The highest BCUT2D eigenvalue weighted by molar-refractivity contribution is 6.04. The minimum atomic E-state index is -0.0937. The summed E-state index contributed by atoms with van der Waals surface area (Å²) in [6.07, 6.45) is 19.4. The number of hydrogen-bond donors (Lipinski definition) is 0. The average Bonchev–Trinajstić information content (AvgIpc) is 3.76. The Hall–Kier alpha value is -6.38. The van der Waals surface area contributed by atoms with E-state index in [1.165, 1.54) is 89.5 Å². The minimum absolute atomic E-state index is 0.0937. The van der Waals surface area contributed by atoms with Gasteiger partial charge in [0.1, 0.15) is 0 Å². The molecule has 0 saturated heterocycles. The van der Waals surface area contributed by atoms with E-state index < -0.39 is 0 Å². The van der Waals surface area contributed by atoms with Crippen LogP contribution in [0.25, 0.3) is 50.1 Å². The van der Waals surface area contributed by atoms with Crippen LogP contribution >= 0.6 is 0 Å². The van der Waals surface area contributed by atoms with E-state index >= 15 is 0 Å². The van der Waals surface area contributed by atoms with E-state index in [4.69, 9.17) is 0 Å². The molecule has 0 radical (unpaired) electrons. The fraction of sp³-hybridized carbons (Fsp3) is 0.115. The van der Waals surface area contributed by atoms with Crippen LogP contribution in [0.5, 0.6) is 0 Å². The molecule has 9 rings (SSSR count). The average molecular weight is 697 g/mol. The fourth-order valence-electron chi connectivity index (χ4n) is 8.61. The third-order valence-electron chi connectivity index (χ3n) is 11.3. The Morgan fingerprint density at radius 2 is 1.22 bits per heavy atom. The van der Waals surface area contributed by atoms with Crippen LogP contribution in [-0.2, 0) is 5.41 Å². The summed E-state index contributed by atoms with van der Waals surface area (Å²) in [7, 11) is 0. The van der Waals surface area contributed by atoms with Gasteiger partial charge in [0.2, 0.25) is 22.7 Å². The first-order valence-corrected chi connectivity index (χ1v) is 19.0. The lowest BCUT2D eigenvalue weighted by molar-refractivity contribution is 0.660. The first-order chi connectivity index (χ1) is 26.4. The van der Waals surface area contributed by atoms with Crippen molar-refractivity contribution in [1.82, 2.24) is 9.15 Å². The zero-order chi connectivity index (χ0) is 37.0. The topological polar surface area (TPSA) is 6.02 Å². The summed E-state index contributed by atoms with van der Waals surface area (Å²) < 4.78 is 4.71. The van der Waals surface area contributed by atoms with Crippen molar-refractivity contribution in [3.8, 4) is 44.5 Å². The lowest BCUT2D eigenvalue weighted by Gasteiger charge is -2.21. The van der Waals surface area contributed by atoms with Gasteiger partial charge in [-0.1, -0.05) is 117 Å². The summed E-state index contributed by atoms with van der Waals surface area (Å²) in [6.45, 7) is 11.1. The molecule has 0 N–H and O–H groups in total. The van der Waals surface area contributed by atoms with Crippen LogP contribution in [0.4, 0.5) is 22.7 Å². The summed E-state index contributed by atoms with van der Waals surface area (Å²) in [5, 5.41) is 0. The number of benzene rings is 6. The Morgan fingerprint density at radius 1 is 0.500 bits per heavy atom. The molecule has 0 saturated carbocycles. The van der Waals surface area contributed by atoms with Crippen molar-refractivity contribution in [3.63, 3.8) is 0 Å². The molecule has 0 atom stereocenters. The van der Waals surface area contributed by atoms with Gasteiger partial charge < -0.3 is 0 Å². The lowest BCUT2D eigenvalue weighted by Crippen LogP contribution is -2.15. The van der Waals surface area contributed by atoms with Crippen molar-refractivity contribution < 1.29 is 0 Å². The third kappa shape index (κ3) is 5.41. The highest BCUT2D eigenvalue weighted by Gasteiger charge is 2.41. The highest BCUT2D eigenvalue weighted by atomic mass is 15.0. The molecule has 6 aromatic rings. The number of rotatable bonds is 6. The van der Waals surface area contributed by atoms with E-state index in [-0.39, 0.29) is 5.41 Å². The van der Waals surface area contributed by atoms with Crippen LogP contribution in [0.2, 0.25) is 0 Å². The quantitative estimate of drug-likeness (QED) is 0.121. The summed E-state index contributed by atoms with van der Waals surface area (Å²) in [6, 6.07) is 45.1. The van der Waals surface area contributed by atoms with E-state index in [0.717, 1.165) is 5.57 Å². The Balaban J connectivity index is 1.21. The van der Waals surface area contributed by atoms with Gasteiger partial charge in [0.05, 0.1) is 22.3 Å². The number of fused-ring (bicyclic) bond motifs is 9. The molecule has 2 heterocycles. The Labute approximate surface area is 319 Å². The molecule has 1 aliphatic carbocycles. The molecule has 0 amide bonds. The number of allylic oxidation sites excluding steroid dienone is 8. The van der Waals surface area contributed by atoms with Crippen LogP contribution in [0.1, 0.15) is 49.9 Å². The Morgan fingerprint density at radius 3 is 2.06 bits per heavy atom. The van der Waals surface area contributed by atoms with Gasteiger partial charge in [-0.15, -0.1) is 0 Å². The second kappa shape index (κ2) is 13.2. The first kappa shape index (κ1) is 33.5. The molecule has 0 spiro atoms. The second-order valence-corrected chi connectivity index (χ2v) is 15.0. The van der Waals surface area contributed by atoms with Crippen molar-refractivity contribution in [3.05, 3.63) is 186 Å². The van der Waals surface area contributed by atoms with E-state index in [2.05, 4.69) is 207 Å². The number of aryl methyl sites for hydroxylation is 1. The summed E-state index contributed by atoms with van der Waals surface area (Å²) in [4.78, 5) is 0. The van der Waals surface area contributed by atoms with E-state index in [1.807, 2.05) is 13.0 Å². The predicted octanol–water partition coefficient (Wildman–Crippen LogP) is 13.5. The number of para-hydroxylation sites is 1. The van der Waals surface area contributed by atoms with Crippen LogP contribution in [0, 0.1) is 6.92 Å². The molecule has 2 heteroatoms. The van der Waals surface area contributed by atoms with E-state index in [0.29, 0.717) is 0 Å². The van der Waals surface area contributed by atoms with Crippen LogP contribution in [0.3, 0.4) is 0 Å². The molecule has 0 unspecified atom stereocenters. The highest BCUT2D eigenvalue weighted by Crippen LogP contribution is 2.55. The first-order valence-electron chi connectivity index (χ1n) is 19.0. The van der Waals surface area contributed by atoms with Gasteiger partial charge in [0.25, 0.3) is 0 Å². The van der Waals surface area contributed by atoms with Crippen LogP contribution < -0.4 is 9.15 Å². The van der Waals surface area contributed by atoms with Gasteiger partial charge in [0, 0.05) is 41.8 Å². The number of nitrogens with zero attached hydrogens (tertiary/aromatic N) is 2. The van der Waals surface area contributed by atoms with Gasteiger partial charge in [-0.25, -0.2) is 0 Å². The van der Waals surface area contributed by atoms with E-state index in [1.54, 1.807) is 0 Å². The second-order valence-electron chi connectivity index (χ2n) is 15.0. The smallest absolute Gasteiger partial charge is 0.159 e. The molecule has 0 fully saturated rings. The SMILES string of the molecule is C/C=C\C=C/C=[N+]1c2ccccc2-c2cc(C(/C=C\C)=C/C=[N+]3c4cc(-c5ccccc5)ccc4-c4cc5c(cc43)C(C)(C)c3ccc(C)cc3-5)ccc21. The molecule has 3 aliphatic rings. The largest absolute Gasteiger partial charge is 0.219 e. The van der Waals surface area contributed by atoms with Crippen molar-refractivity contribution in [1.29, 1.82) is 0 Å². The minimum Gasteiger partial charge on any atom is -0.159 e. The van der Waals surface area contributed by atoms with Crippen molar-refractivity contribution in [2.45, 2.75) is 40.0 Å². The van der Waals surface area contributed by atoms with Crippen LogP contribution in [0.15, 0.2) is 164 Å². The van der Waals surface area contributed by atoms with Crippen LogP contribution in [-0.4, -0.2) is 12.4 Å². The maximum absolute atomic E-state index is 2.46. The van der Waals surface area contributed by atoms with Gasteiger partial charge in [-0.05, 0) is 95.6 Å². The Kier molecular flexibility index (Phi) is 8.20. The van der Waals surface area contributed by atoms with Crippen molar-refractivity contribution in [2.75, 3.05) is 0 Å². The lowest BCUT2D eigenvalue weighted by atomic mass is 9.82. The monoisotopic (exact) mass is 696 g/mol. The summed E-state index contributed by atoms with van der Waals surface area (Å²) in [5.74, 6) is 0. The molecule has 0 aromatic heterocycles. The summed E-state index contributed by atoms with van der Waals surface area (Å²) >= 11 is 0. The van der Waals surface area contributed by atoms with Crippen molar-refractivity contribution in [2.24, 2.45) is 0 Å². The molecule has 6 aromatic carbocycles. The molecule has 54 heavy (non-hydrogen) atoms. The van der Waals surface area contributed by atoms with E-state index in [9.17, 15) is 0 Å². The fourth-order valence-corrected chi connectivity index (χ4v) is 8.61. The standard InChI is InChI=1S/C52H44N2/c1-6-8-9-15-28-53-48-20-14-13-19-40(48)44-31-38(23-26-49(44)53)36(16-7-2)27-29-54-50-32-39(37-17-11-10-12-18-37)22-24-41(50)45-33-43-42-30-35(3)21-25-46(42)52(4,5)47(43)34-51(45)54/h6-34H,1-5H3/q+2/b8-6-,15-9-,16-7-,36-27+,53-28?,54-29?. The van der Waals surface area contributed by atoms with Gasteiger partial charge in [-0.2, -0.15) is 9.15 Å². The number of hydrogen-bond acceptors (Lipinski definition) is 0.